The average Bonchev–Trinajstić information content (AvgIpc) is 2.95. The molecule has 236 valence electrons. The van der Waals surface area contributed by atoms with Gasteiger partial charge in [0.25, 0.3) is 0 Å². The number of hydrogen-bond acceptors (Lipinski definition) is 3. The Morgan fingerprint density at radius 2 is 1.51 bits per heavy atom. The molecule has 1 fully saturated rings. The number of nitrogens with one attached hydrogen (secondary N) is 1. The summed E-state index contributed by atoms with van der Waals surface area (Å²) in [6.45, 7) is 5.16. The predicted octanol–water partition coefficient (Wildman–Crippen LogP) is 8.63. The van der Waals surface area contributed by atoms with Crippen molar-refractivity contribution in [2.45, 2.75) is 97.4 Å². The first-order chi connectivity index (χ1) is 20.6. The molecule has 0 aromatic heterocycles. The number of aryl methyl sites for hydroxylation is 1. The van der Waals surface area contributed by atoms with Crippen LogP contribution in [0.25, 0.3) is 0 Å². The number of unbranched alkanes of at least 4 members (excludes halogenated alkanes) is 9. The van der Waals surface area contributed by atoms with Crippen LogP contribution in [0.15, 0.2) is 42.5 Å². The number of rotatable bonds is 18. The molecule has 9 heteroatoms. The third kappa shape index (κ3) is 11.3. The van der Waals surface area contributed by atoms with E-state index in [0.29, 0.717) is 27.8 Å². The Hall–Kier alpha value is -2.77. The molecular weight excluding hydrogens is 585 g/mol. The lowest BCUT2D eigenvalue weighted by Crippen LogP contribution is -2.60. The molecule has 1 unspecified atom stereocenters. The first-order valence-electron chi connectivity index (χ1n) is 15.7. The van der Waals surface area contributed by atoms with Crippen molar-refractivity contribution in [1.82, 2.24) is 10.2 Å². The number of benzene rings is 2. The highest BCUT2D eigenvalue weighted by atomic mass is 35.5. The SMILES string of the molecule is CCCCCCCCCCCCNC(=O)CC1(CC(=O)O)CN(Cc2ccc(Cl)cc2Cl)C(=O)N(c2ccc(C)cc2)C1. The Morgan fingerprint density at radius 1 is 0.884 bits per heavy atom. The minimum absolute atomic E-state index is 0.00243. The second-order valence-corrected chi connectivity index (χ2v) is 12.9. The van der Waals surface area contributed by atoms with Gasteiger partial charge < -0.3 is 15.3 Å². The van der Waals surface area contributed by atoms with E-state index < -0.39 is 11.4 Å². The first-order valence-corrected chi connectivity index (χ1v) is 16.4. The quantitative estimate of drug-likeness (QED) is 0.161. The van der Waals surface area contributed by atoms with E-state index in [0.717, 1.165) is 24.8 Å². The van der Waals surface area contributed by atoms with Gasteiger partial charge in [0.05, 0.1) is 6.42 Å². The third-order valence-electron chi connectivity index (χ3n) is 8.16. The molecular formula is C34H47Cl2N3O4. The molecule has 1 heterocycles. The van der Waals surface area contributed by atoms with Gasteiger partial charge in [-0.05, 0) is 43.2 Å². The van der Waals surface area contributed by atoms with Crippen LogP contribution >= 0.6 is 23.2 Å². The van der Waals surface area contributed by atoms with Crippen molar-refractivity contribution in [1.29, 1.82) is 0 Å². The van der Waals surface area contributed by atoms with Gasteiger partial charge in [-0.15, -0.1) is 0 Å². The number of carboxylic acid groups (broad SMARTS) is 1. The van der Waals surface area contributed by atoms with Gasteiger partial charge in [-0.25, -0.2) is 4.79 Å². The van der Waals surface area contributed by atoms with Crippen molar-refractivity contribution in [2.24, 2.45) is 5.41 Å². The highest BCUT2D eigenvalue weighted by Gasteiger charge is 2.46. The summed E-state index contributed by atoms with van der Waals surface area (Å²) in [5.41, 5.74) is 1.40. The summed E-state index contributed by atoms with van der Waals surface area (Å²) in [4.78, 5) is 42.3. The number of hydrogen-bond donors (Lipinski definition) is 2. The lowest BCUT2D eigenvalue weighted by atomic mass is 9.78. The van der Waals surface area contributed by atoms with E-state index in [1.165, 1.54) is 44.9 Å². The van der Waals surface area contributed by atoms with E-state index in [2.05, 4.69) is 12.2 Å². The minimum atomic E-state index is -1.01. The molecule has 1 aliphatic rings. The lowest BCUT2D eigenvalue weighted by molar-refractivity contribution is -0.140. The normalized spacial score (nSPS) is 16.9. The van der Waals surface area contributed by atoms with Crippen LogP contribution in [0.1, 0.15) is 95.1 Å². The standard InChI is InChI=1S/C34H47Cl2N3O4/c1-3-4-5-6-7-8-9-10-11-12-19-37-31(40)21-34(22-32(41)42)24-38(23-27-15-16-28(35)20-30(27)36)33(43)39(25-34)29-17-13-26(2)14-18-29/h13-18,20H,3-12,19,21-25H2,1-2H3,(H,37,40)(H,41,42). The lowest BCUT2D eigenvalue weighted by Gasteiger charge is -2.47. The number of amides is 3. The highest BCUT2D eigenvalue weighted by molar-refractivity contribution is 6.35. The van der Waals surface area contributed by atoms with E-state index in [-0.39, 0.29) is 44.4 Å². The highest BCUT2D eigenvalue weighted by Crippen LogP contribution is 2.37. The maximum absolute atomic E-state index is 13.8. The van der Waals surface area contributed by atoms with Gasteiger partial charge in [0.1, 0.15) is 0 Å². The van der Waals surface area contributed by atoms with Gasteiger partial charge in [0, 0.05) is 53.7 Å². The number of carboxylic acids is 1. The Bertz CT molecular complexity index is 1210. The summed E-state index contributed by atoms with van der Waals surface area (Å²) in [5.74, 6) is -1.20. The molecule has 0 aliphatic carbocycles. The van der Waals surface area contributed by atoms with Crippen molar-refractivity contribution in [2.75, 3.05) is 24.5 Å². The molecule has 0 bridgehead atoms. The van der Waals surface area contributed by atoms with Crippen LogP contribution in [0, 0.1) is 12.3 Å². The predicted molar refractivity (Wildman–Crippen MR) is 175 cm³/mol. The molecule has 7 nitrogen and oxygen atoms in total. The molecule has 3 amide bonds. The Kier molecular flexibility index (Phi) is 14.1. The molecule has 1 atom stereocenters. The van der Waals surface area contributed by atoms with Crippen LogP contribution in [0.5, 0.6) is 0 Å². The van der Waals surface area contributed by atoms with Crippen LogP contribution in [0.4, 0.5) is 10.5 Å². The number of anilines is 1. The second kappa shape index (κ2) is 17.5. The first kappa shape index (κ1) is 34.7. The molecule has 1 aliphatic heterocycles. The van der Waals surface area contributed by atoms with Gasteiger partial charge in [-0.1, -0.05) is 112 Å². The molecule has 0 saturated carbocycles. The molecule has 2 aromatic carbocycles. The van der Waals surface area contributed by atoms with Gasteiger partial charge in [0.2, 0.25) is 5.91 Å². The summed E-state index contributed by atoms with van der Waals surface area (Å²) >= 11 is 12.5. The second-order valence-electron chi connectivity index (χ2n) is 12.1. The fraction of sp³-hybridized carbons (Fsp3) is 0.559. The monoisotopic (exact) mass is 631 g/mol. The van der Waals surface area contributed by atoms with Crippen LogP contribution < -0.4 is 10.2 Å². The molecule has 3 rings (SSSR count). The minimum Gasteiger partial charge on any atom is -0.481 e. The Morgan fingerprint density at radius 3 is 2.12 bits per heavy atom. The maximum atomic E-state index is 13.8. The molecule has 0 radical (unpaired) electrons. The molecule has 2 N–H and O–H groups in total. The van der Waals surface area contributed by atoms with Crippen molar-refractivity contribution in [3.63, 3.8) is 0 Å². The van der Waals surface area contributed by atoms with Gasteiger partial charge in [-0.2, -0.15) is 0 Å². The summed E-state index contributed by atoms with van der Waals surface area (Å²) in [7, 11) is 0. The van der Waals surface area contributed by atoms with Gasteiger partial charge in [-0.3, -0.25) is 14.5 Å². The Labute approximate surface area is 266 Å². The van der Waals surface area contributed by atoms with E-state index in [1.807, 2.05) is 31.2 Å². The number of halogens is 2. The van der Waals surface area contributed by atoms with Crippen molar-refractivity contribution < 1.29 is 19.5 Å². The van der Waals surface area contributed by atoms with Crippen molar-refractivity contribution in [3.8, 4) is 0 Å². The fourth-order valence-electron chi connectivity index (χ4n) is 5.85. The van der Waals surface area contributed by atoms with Crippen LogP contribution in [-0.2, 0) is 16.1 Å². The molecule has 43 heavy (non-hydrogen) atoms. The largest absolute Gasteiger partial charge is 0.481 e. The number of carbonyl (C=O) groups is 3. The molecule has 2 aromatic rings. The zero-order valence-electron chi connectivity index (χ0n) is 25.7. The Balaban J connectivity index is 1.67. The van der Waals surface area contributed by atoms with Crippen LogP contribution in [0.3, 0.4) is 0 Å². The van der Waals surface area contributed by atoms with Gasteiger partial charge in [0.15, 0.2) is 0 Å². The van der Waals surface area contributed by atoms with Crippen molar-refractivity contribution in [3.05, 3.63) is 63.6 Å². The van der Waals surface area contributed by atoms with Crippen LogP contribution in [0.2, 0.25) is 10.0 Å². The number of urea groups is 1. The zero-order chi connectivity index (χ0) is 31.2. The van der Waals surface area contributed by atoms with E-state index in [9.17, 15) is 19.5 Å². The van der Waals surface area contributed by atoms with E-state index >= 15 is 0 Å². The third-order valence-corrected chi connectivity index (χ3v) is 8.74. The number of aliphatic carboxylic acids is 1. The van der Waals surface area contributed by atoms with E-state index in [4.69, 9.17) is 23.2 Å². The van der Waals surface area contributed by atoms with Crippen LogP contribution in [-0.4, -0.2) is 47.5 Å². The topological polar surface area (TPSA) is 90.0 Å². The molecule has 1 saturated heterocycles. The van der Waals surface area contributed by atoms with E-state index in [1.54, 1.807) is 28.0 Å². The zero-order valence-corrected chi connectivity index (χ0v) is 27.2. The summed E-state index contributed by atoms with van der Waals surface area (Å²) in [6, 6.07) is 12.4. The molecule has 0 spiro atoms. The maximum Gasteiger partial charge on any atom is 0.324 e. The fourth-order valence-corrected chi connectivity index (χ4v) is 6.32. The summed E-state index contributed by atoms with van der Waals surface area (Å²) in [5, 5.41) is 13.9. The average molecular weight is 633 g/mol. The smallest absolute Gasteiger partial charge is 0.324 e. The number of nitrogens with zero attached hydrogens (tertiary/aromatic N) is 2. The summed E-state index contributed by atoms with van der Waals surface area (Å²) < 4.78 is 0. The van der Waals surface area contributed by atoms with Crippen molar-refractivity contribution >= 4 is 46.8 Å². The number of carbonyl (C=O) groups excluding carboxylic acids is 2. The van der Waals surface area contributed by atoms with Gasteiger partial charge >= 0.3 is 12.0 Å². The summed E-state index contributed by atoms with van der Waals surface area (Å²) in [6.07, 6.45) is 11.9.